The number of aliphatic hydroxyl groups is 1. The number of carbonyl (C=O) groups is 1. The van der Waals surface area contributed by atoms with E-state index < -0.39 is 0 Å². The molecule has 3 rings (SSSR count). The van der Waals surface area contributed by atoms with Crippen LogP contribution >= 0.6 is 0 Å². The average molecular weight is 316 g/mol. The molecule has 1 aromatic carbocycles. The highest BCUT2D eigenvalue weighted by Gasteiger charge is 2.25. The molecular formula is C19H28N2O2. The molecule has 2 fully saturated rings. The maximum absolute atomic E-state index is 12.5. The Morgan fingerprint density at radius 2 is 1.74 bits per heavy atom. The SMILES string of the molecule is O=C(NC1CCC(O)CC1)N1CCCC(c2ccccc2)CC1. The molecule has 1 heterocycles. The van der Waals surface area contributed by atoms with Crippen LogP contribution in [0.15, 0.2) is 30.3 Å². The van der Waals surface area contributed by atoms with Crippen molar-refractivity contribution >= 4 is 6.03 Å². The molecule has 1 saturated carbocycles. The van der Waals surface area contributed by atoms with Gasteiger partial charge in [-0.2, -0.15) is 0 Å². The summed E-state index contributed by atoms with van der Waals surface area (Å²) in [4.78, 5) is 14.5. The summed E-state index contributed by atoms with van der Waals surface area (Å²) in [7, 11) is 0. The van der Waals surface area contributed by atoms with E-state index in [4.69, 9.17) is 0 Å². The number of aliphatic hydroxyl groups excluding tert-OH is 1. The van der Waals surface area contributed by atoms with Gasteiger partial charge in [-0.05, 0) is 56.4 Å². The maximum atomic E-state index is 12.5. The molecular weight excluding hydrogens is 288 g/mol. The van der Waals surface area contributed by atoms with Crippen LogP contribution in [-0.2, 0) is 0 Å². The van der Waals surface area contributed by atoms with Gasteiger partial charge in [0.1, 0.15) is 0 Å². The van der Waals surface area contributed by atoms with Gasteiger partial charge in [0, 0.05) is 19.1 Å². The number of amides is 2. The van der Waals surface area contributed by atoms with Crippen molar-refractivity contribution in [2.24, 2.45) is 0 Å². The van der Waals surface area contributed by atoms with E-state index >= 15 is 0 Å². The Morgan fingerprint density at radius 1 is 1.00 bits per heavy atom. The van der Waals surface area contributed by atoms with Crippen molar-refractivity contribution in [2.75, 3.05) is 13.1 Å². The predicted octanol–water partition coefficient (Wildman–Crippen LogP) is 3.27. The van der Waals surface area contributed by atoms with Gasteiger partial charge in [-0.25, -0.2) is 4.79 Å². The van der Waals surface area contributed by atoms with Crippen molar-refractivity contribution in [1.82, 2.24) is 10.2 Å². The zero-order chi connectivity index (χ0) is 16.1. The predicted molar refractivity (Wildman–Crippen MR) is 91.4 cm³/mol. The minimum absolute atomic E-state index is 0.0834. The molecule has 0 aromatic heterocycles. The fourth-order valence-electron chi connectivity index (χ4n) is 3.84. The lowest BCUT2D eigenvalue weighted by molar-refractivity contribution is 0.115. The topological polar surface area (TPSA) is 52.6 Å². The van der Waals surface area contributed by atoms with Crippen LogP contribution in [0.25, 0.3) is 0 Å². The number of nitrogens with one attached hydrogen (secondary N) is 1. The van der Waals surface area contributed by atoms with Crippen molar-refractivity contribution in [1.29, 1.82) is 0 Å². The highest BCUT2D eigenvalue weighted by Crippen LogP contribution is 2.28. The van der Waals surface area contributed by atoms with Crippen molar-refractivity contribution < 1.29 is 9.90 Å². The number of carbonyl (C=O) groups excluding carboxylic acids is 1. The molecule has 1 atom stereocenters. The molecule has 2 amide bonds. The minimum atomic E-state index is -0.173. The van der Waals surface area contributed by atoms with Crippen LogP contribution in [0.4, 0.5) is 4.79 Å². The van der Waals surface area contributed by atoms with Gasteiger partial charge in [-0.3, -0.25) is 0 Å². The average Bonchev–Trinajstić information content (AvgIpc) is 2.84. The second kappa shape index (κ2) is 7.82. The number of hydrogen-bond donors (Lipinski definition) is 2. The van der Waals surface area contributed by atoms with Gasteiger partial charge in [0.05, 0.1) is 6.10 Å². The molecule has 2 N–H and O–H groups in total. The van der Waals surface area contributed by atoms with Crippen LogP contribution in [0, 0.1) is 0 Å². The monoisotopic (exact) mass is 316 g/mol. The number of likely N-dealkylation sites (tertiary alicyclic amines) is 1. The number of rotatable bonds is 2. The fraction of sp³-hybridized carbons (Fsp3) is 0.632. The lowest BCUT2D eigenvalue weighted by Gasteiger charge is -2.29. The van der Waals surface area contributed by atoms with Crippen LogP contribution in [0.2, 0.25) is 0 Å². The molecule has 4 heteroatoms. The van der Waals surface area contributed by atoms with Crippen molar-refractivity contribution in [3.05, 3.63) is 35.9 Å². The Morgan fingerprint density at radius 3 is 2.48 bits per heavy atom. The van der Waals surface area contributed by atoms with Crippen LogP contribution in [0.3, 0.4) is 0 Å². The van der Waals surface area contributed by atoms with Crippen molar-refractivity contribution in [3.8, 4) is 0 Å². The van der Waals surface area contributed by atoms with Gasteiger partial charge in [0.25, 0.3) is 0 Å². The molecule has 1 unspecified atom stereocenters. The summed E-state index contributed by atoms with van der Waals surface area (Å²) in [5.41, 5.74) is 1.40. The van der Waals surface area contributed by atoms with E-state index in [9.17, 15) is 9.90 Å². The van der Waals surface area contributed by atoms with Gasteiger partial charge >= 0.3 is 6.03 Å². The molecule has 0 bridgehead atoms. The smallest absolute Gasteiger partial charge is 0.317 e. The zero-order valence-electron chi connectivity index (χ0n) is 13.8. The first kappa shape index (κ1) is 16.3. The number of benzene rings is 1. The number of nitrogens with zero attached hydrogens (tertiary/aromatic N) is 1. The summed E-state index contributed by atoms with van der Waals surface area (Å²) < 4.78 is 0. The molecule has 0 radical (unpaired) electrons. The second-order valence-electron chi connectivity index (χ2n) is 6.98. The van der Waals surface area contributed by atoms with E-state index in [0.29, 0.717) is 5.92 Å². The van der Waals surface area contributed by atoms with Crippen LogP contribution in [0.1, 0.15) is 56.4 Å². The summed E-state index contributed by atoms with van der Waals surface area (Å²) in [6, 6.07) is 11.0. The van der Waals surface area contributed by atoms with Gasteiger partial charge < -0.3 is 15.3 Å². The standard InChI is InChI=1S/C19H28N2O2/c22-18-10-8-17(9-11-18)20-19(23)21-13-4-7-16(12-14-21)15-5-2-1-3-6-15/h1-3,5-6,16-18,22H,4,7-14H2,(H,20,23). The van der Waals surface area contributed by atoms with Gasteiger partial charge in [0.15, 0.2) is 0 Å². The summed E-state index contributed by atoms with van der Waals surface area (Å²) in [5, 5.41) is 12.7. The van der Waals surface area contributed by atoms with E-state index in [1.807, 2.05) is 4.90 Å². The third-order valence-corrected chi connectivity index (χ3v) is 5.31. The first-order valence-corrected chi connectivity index (χ1v) is 9.01. The highest BCUT2D eigenvalue weighted by molar-refractivity contribution is 5.74. The van der Waals surface area contributed by atoms with Crippen LogP contribution < -0.4 is 5.32 Å². The van der Waals surface area contributed by atoms with E-state index in [0.717, 1.165) is 58.0 Å². The van der Waals surface area contributed by atoms with Crippen LogP contribution in [0.5, 0.6) is 0 Å². The zero-order valence-corrected chi connectivity index (χ0v) is 13.8. The first-order chi connectivity index (χ1) is 11.2. The Kier molecular flexibility index (Phi) is 5.55. The largest absolute Gasteiger partial charge is 0.393 e. The second-order valence-corrected chi connectivity index (χ2v) is 6.98. The normalized spacial score (nSPS) is 28.9. The summed E-state index contributed by atoms with van der Waals surface area (Å²) >= 11 is 0. The lowest BCUT2D eigenvalue weighted by Crippen LogP contribution is -2.46. The quantitative estimate of drug-likeness (QED) is 0.880. The summed E-state index contributed by atoms with van der Waals surface area (Å²) in [6.07, 6.45) is 6.50. The van der Waals surface area contributed by atoms with E-state index in [1.54, 1.807) is 0 Å². The summed E-state index contributed by atoms with van der Waals surface area (Å²) in [6.45, 7) is 1.69. The molecule has 2 aliphatic rings. The summed E-state index contributed by atoms with van der Waals surface area (Å²) in [5.74, 6) is 0.568. The molecule has 1 saturated heterocycles. The molecule has 4 nitrogen and oxygen atoms in total. The van der Waals surface area contributed by atoms with Crippen molar-refractivity contribution in [3.63, 3.8) is 0 Å². The Bertz CT molecular complexity index is 497. The Balaban J connectivity index is 1.50. The molecule has 1 aliphatic carbocycles. The Labute approximate surface area is 138 Å². The van der Waals surface area contributed by atoms with Gasteiger partial charge in [-0.1, -0.05) is 30.3 Å². The first-order valence-electron chi connectivity index (χ1n) is 9.01. The van der Waals surface area contributed by atoms with E-state index in [2.05, 4.69) is 35.6 Å². The van der Waals surface area contributed by atoms with Crippen molar-refractivity contribution in [2.45, 2.75) is 63.0 Å². The fourth-order valence-corrected chi connectivity index (χ4v) is 3.84. The molecule has 1 aliphatic heterocycles. The third-order valence-electron chi connectivity index (χ3n) is 5.31. The Hall–Kier alpha value is -1.55. The van der Waals surface area contributed by atoms with Gasteiger partial charge in [0.2, 0.25) is 0 Å². The highest BCUT2D eigenvalue weighted by atomic mass is 16.3. The van der Waals surface area contributed by atoms with Gasteiger partial charge in [-0.15, -0.1) is 0 Å². The van der Waals surface area contributed by atoms with Crippen LogP contribution in [-0.4, -0.2) is 41.3 Å². The van der Waals surface area contributed by atoms with E-state index in [1.165, 1.54) is 5.56 Å². The molecule has 126 valence electrons. The molecule has 1 aromatic rings. The number of hydrogen-bond acceptors (Lipinski definition) is 2. The molecule has 0 spiro atoms. The minimum Gasteiger partial charge on any atom is -0.393 e. The number of urea groups is 1. The third kappa shape index (κ3) is 4.47. The lowest BCUT2D eigenvalue weighted by atomic mass is 9.92. The van der Waals surface area contributed by atoms with E-state index in [-0.39, 0.29) is 18.2 Å². The molecule has 23 heavy (non-hydrogen) atoms. The maximum Gasteiger partial charge on any atom is 0.317 e.